The van der Waals surface area contributed by atoms with E-state index in [1.165, 1.54) is 68.2 Å². The molecule has 10 rings (SSSR count). The number of fused-ring (bicyclic) bond motifs is 2. The van der Waals surface area contributed by atoms with Crippen molar-refractivity contribution in [2.45, 2.75) is 67.2 Å². The molecule has 0 saturated heterocycles. The summed E-state index contributed by atoms with van der Waals surface area (Å²) in [6.07, 6.45) is 0. The van der Waals surface area contributed by atoms with Gasteiger partial charge in [0.25, 0.3) is 11.1 Å². The Hall–Kier alpha value is -6.08. The van der Waals surface area contributed by atoms with E-state index in [4.69, 9.17) is 21.6 Å². The van der Waals surface area contributed by atoms with Crippen LogP contribution in [0.5, 0.6) is 0 Å². The summed E-state index contributed by atoms with van der Waals surface area (Å²) < 4.78 is 29.6. The van der Waals surface area contributed by atoms with Crippen LogP contribution in [0.2, 0.25) is 0 Å². The molecule has 0 saturated carbocycles. The van der Waals surface area contributed by atoms with E-state index in [1.54, 1.807) is 27.6 Å². The average molecular weight is 1030 g/mol. The summed E-state index contributed by atoms with van der Waals surface area (Å²) in [4.78, 5) is 36.9. The van der Waals surface area contributed by atoms with E-state index < -0.39 is 5.24 Å². The molecule has 1 amide bonds. The summed E-state index contributed by atoms with van der Waals surface area (Å²) in [5.74, 6) is 2.42. The number of aromatic nitrogens is 8. The third-order valence-corrected chi connectivity index (χ3v) is 13.4. The quantitative estimate of drug-likeness (QED) is 0.139. The summed E-state index contributed by atoms with van der Waals surface area (Å²) in [7, 11) is 0. The molecule has 70 heavy (non-hydrogen) atoms. The first kappa shape index (κ1) is 54.9. The van der Waals surface area contributed by atoms with E-state index in [9.17, 15) is 18.4 Å². The maximum absolute atomic E-state index is 13.2. The van der Waals surface area contributed by atoms with Crippen molar-refractivity contribution in [1.29, 1.82) is 0 Å². The number of hydrogen-bond donors (Lipinski definition) is 1. The highest BCUT2D eigenvalue weighted by atomic mass is 35.5. The molecule has 2 unspecified atom stereocenters. The Kier molecular flexibility index (Phi) is 20.5. The second-order valence-electron chi connectivity index (χ2n) is 15.6. The molecule has 4 aromatic carbocycles. The minimum atomic E-state index is -0.569. The molecule has 0 radical (unpaired) electrons. The molecule has 13 nitrogen and oxygen atoms in total. The lowest BCUT2D eigenvalue weighted by atomic mass is 10.1. The molecule has 2 aliphatic heterocycles. The van der Waals surface area contributed by atoms with E-state index in [0.29, 0.717) is 30.0 Å². The predicted octanol–water partition coefficient (Wildman–Crippen LogP) is 11.8. The molecule has 368 valence electrons. The van der Waals surface area contributed by atoms with Gasteiger partial charge in [-0.15, -0.1) is 55.5 Å². The Morgan fingerprint density at radius 1 is 0.657 bits per heavy atom. The molecule has 0 bridgehead atoms. The maximum atomic E-state index is 13.2. The Morgan fingerprint density at radius 2 is 1.11 bits per heavy atom. The molecule has 0 aliphatic carbocycles. The zero-order chi connectivity index (χ0) is 48.2. The zero-order valence-corrected chi connectivity index (χ0v) is 42.0. The molecule has 19 heteroatoms. The van der Waals surface area contributed by atoms with Crippen LogP contribution in [0, 0.1) is 11.6 Å². The summed E-state index contributed by atoms with van der Waals surface area (Å²) in [6, 6.07) is 30.9. The van der Waals surface area contributed by atoms with E-state index in [1.807, 2.05) is 65.4 Å². The zero-order valence-electron chi connectivity index (χ0n) is 38.8. The van der Waals surface area contributed by atoms with Crippen molar-refractivity contribution < 1.29 is 18.4 Å². The van der Waals surface area contributed by atoms with Crippen LogP contribution in [0.3, 0.4) is 0 Å². The van der Waals surface area contributed by atoms with Crippen molar-refractivity contribution in [3.05, 3.63) is 154 Å². The van der Waals surface area contributed by atoms with Gasteiger partial charge in [0, 0.05) is 59.2 Å². The molecule has 1 N–H and O–H groups in total. The van der Waals surface area contributed by atoms with Gasteiger partial charge < -0.3 is 24.3 Å². The molecule has 6 heterocycles. The van der Waals surface area contributed by atoms with E-state index in [2.05, 4.69) is 80.4 Å². The number of rotatable bonds is 9. The smallest absolute Gasteiger partial charge is 0.254 e. The normalized spacial score (nSPS) is 14.4. The molecule has 4 aromatic heterocycles. The van der Waals surface area contributed by atoms with Gasteiger partial charge in [-0.1, -0.05) is 88.9 Å². The predicted molar refractivity (Wildman–Crippen MR) is 279 cm³/mol. The van der Waals surface area contributed by atoms with Gasteiger partial charge in [-0.05, 0) is 93.6 Å². The van der Waals surface area contributed by atoms with Crippen LogP contribution in [0.1, 0.15) is 86.5 Å². The lowest BCUT2D eigenvalue weighted by molar-refractivity contribution is 0.0638. The van der Waals surface area contributed by atoms with Gasteiger partial charge in [0.1, 0.15) is 38.9 Å². The fourth-order valence-corrected chi connectivity index (χ4v) is 9.31. The fraction of sp³-hybridized carbons (Fsp3) is 0.294. The van der Waals surface area contributed by atoms with Gasteiger partial charge in [0.05, 0.1) is 12.1 Å². The highest BCUT2D eigenvalue weighted by molar-refractivity contribution is 7.13. The minimum absolute atomic E-state index is 0. The van der Waals surface area contributed by atoms with Crippen molar-refractivity contribution in [2.75, 3.05) is 32.7 Å². The molecule has 0 spiro atoms. The Bertz CT molecular complexity index is 2870. The molecular formula is C51H57Cl2F2N11O2S2. The Balaban J connectivity index is 0.000000198. The van der Waals surface area contributed by atoms with Crippen LogP contribution in [0.25, 0.3) is 44.2 Å². The second kappa shape index (κ2) is 26.2. The first-order valence-corrected chi connectivity index (χ1v) is 24.5. The minimum Gasteiger partial charge on any atom is -0.327 e. The number of amides is 1. The Morgan fingerprint density at radius 3 is 1.57 bits per heavy atom. The van der Waals surface area contributed by atoms with Crippen molar-refractivity contribution in [1.82, 2.24) is 54.6 Å². The highest BCUT2D eigenvalue weighted by Gasteiger charge is 2.32. The van der Waals surface area contributed by atoms with E-state index >= 15 is 0 Å². The number of carbonyl (C=O) groups is 2. The van der Waals surface area contributed by atoms with Crippen molar-refractivity contribution >= 4 is 57.8 Å². The fourth-order valence-electron chi connectivity index (χ4n) is 7.57. The first-order valence-electron chi connectivity index (χ1n) is 22.4. The van der Waals surface area contributed by atoms with Gasteiger partial charge >= 0.3 is 0 Å². The average Bonchev–Trinajstić information content (AvgIpc) is 4.21. The summed E-state index contributed by atoms with van der Waals surface area (Å²) in [5.41, 5.74) is 4.67. The lowest BCUT2D eigenvalue weighted by Gasteiger charge is -2.33. The number of hydrogen-bond acceptors (Lipinski definition) is 12. The van der Waals surface area contributed by atoms with Gasteiger partial charge in [0.15, 0.2) is 17.5 Å². The molecule has 0 fully saturated rings. The largest absolute Gasteiger partial charge is 0.327 e. The van der Waals surface area contributed by atoms with Crippen molar-refractivity contribution in [2.24, 2.45) is 0 Å². The van der Waals surface area contributed by atoms with Crippen LogP contribution >= 0.6 is 46.7 Å². The van der Waals surface area contributed by atoms with Crippen LogP contribution in [0.15, 0.2) is 120 Å². The van der Waals surface area contributed by atoms with Crippen molar-refractivity contribution in [3.8, 4) is 44.2 Å². The molecule has 2 atom stereocenters. The van der Waals surface area contributed by atoms with Gasteiger partial charge in [0.2, 0.25) is 0 Å². The summed E-state index contributed by atoms with van der Waals surface area (Å²) >= 11 is 8.31. The number of carbonyl (C=O) groups excluding carboxylic acids is 2. The topological polar surface area (TPSA) is 140 Å². The number of benzene rings is 4. The van der Waals surface area contributed by atoms with E-state index in [0.717, 1.165) is 63.1 Å². The molecule has 8 aromatic rings. The number of nitrogens with zero attached hydrogens (tertiary/aromatic N) is 10. The Labute approximate surface area is 427 Å². The molecule has 2 aliphatic rings. The van der Waals surface area contributed by atoms with E-state index in [-0.39, 0.29) is 49.5 Å². The maximum Gasteiger partial charge on any atom is 0.254 e. The first-order chi connectivity index (χ1) is 33.0. The lowest BCUT2D eigenvalue weighted by Crippen LogP contribution is -2.41. The van der Waals surface area contributed by atoms with Gasteiger partial charge in [-0.3, -0.25) is 9.59 Å². The number of nitrogens with one attached hydrogen (secondary N) is 1. The number of halogens is 4. The molecular weight excluding hydrogens is 972 g/mol. The third kappa shape index (κ3) is 13.4. The van der Waals surface area contributed by atoms with Crippen LogP contribution in [0.4, 0.5) is 8.78 Å². The van der Waals surface area contributed by atoms with Crippen molar-refractivity contribution in [3.63, 3.8) is 0 Å². The monoisotopic (exact) mass is 1030 g/mol. The summed E-state index contributed by atoms with van der Waals surface area (Å²) in [6.45, 7) is 17.1. The second-order valence-corrected chi connectivity index (χ2v) is 17.7. The van der Waals surface area contributed by atoms with Gasteiger partial charge in [-0.2, -0.15) is 0 Å². The summed E-state index contributed by atoms with van der Waals surface area (Å²) in [5, 5.41) is 26.2. The van der Waals surface area contributed by atoms with Crippen LogP contribution in [-0.4, -0.2) is 93.2 Å². The number of thiazole rings is 2. The highest BCUT2D eigenvalue weighted by Crippen LogP contribution is 2.33. The third-order valence-electron chi connectivity index (χ3n) is 11.4. The van der Waals surface area contributed by atoms with Gasteiger partial charge in [-0.25, -0.2) is 18.7 Å². The SMILES string of the molecule is C.CC1NCCn2c(-c3csc(-c4ccccc4)n3)nnc21.CC1c2nnc(-c3csc(-c4ccccc4)n3)n2CCN1C(=O)c1ccc(F)cc1.CCN(CC)CC.Cl.O=C(Cl)c1ccc(F)cc1. The van der Waals surface area contributed by atoms with Crippen LogP contribution < -0.4 is 5.32 Å². The van der Waals surface area contributed by atoms with Crippen LogP contribution in [-0.2, 0) is 13.1 Å². The standard InChI is InChI=1S/C22H18FN5OS.C15H15N5S.C7H4ClFO.C6H15N.CH4.ClH/c1-14-19-25-26-20(18-13-30-21(24-18)15-5-3-2-4-6-15)28(19)12-11-27(14)22(29)16-7-9-17(23)10-8-16;1-10-13-18-19-14(20(13)8-7-16-10)12-9-21-15(17-12)11-5-3-2-4-6-11;8-7(10)5-1-3-6(9)4-2-5;1-4-7(5-2)6-3;;/h2-10,13-14H,11-12H2,1H3;2-6,9-10,16H,7-8H2,1H3;1-4H;4-6H2,1-3H3;1H4;1H.